The number of carbonyl (C=O) groups is 1. The molecule has 126 valence electrons. The third kappa shape index (κ3) is 5.84. The zero-order valence-electron chi connectivity index (χ0n) is 10.9. The molecule has 0 fully saturated rings. The van der Waals surface area contributed by atoms with Crippen molar-refractivity contribution in [3.8, 4) is 0 Å². The lowest BCUT2D eigenvalue weighted by Crippen LogP contribution is -2.38. The normalized spacial score (nSPS) is 16.6. The Morgan fingerprint density at radius 1 is 1.05 bits per heavy atom. The summed E-state index contributed by atoms with van der Waals surface area (Å²) in [6, 6.07) is 0. The summed E-state index contributed by atoms with van der Waals surface area (Å²) in [4.78, 5) is 11.1. The molecular formula is C9H13F6O5P. The molecule has 0 aliphatic carbocycles. The number of alkyl halides is 6. The van der Waals surface area contributed by atoms with Crippen LogP contribution in [0.3, 0.4) is 0 Å². The highest BCUT2D eigenvalue weighted by Crippen LogP contribution is 2.62. The van der Waals surface area contributed by atoms with Crippen molar-refractivity contribution in [2.45, 2.75) is 37.8 Å². The number of carboxylic acids is 1. The van der Waals surface area contributed by atoms with Crippen molar-refractivity contribution in [1.29, 1.82) is 0 Å². The summed E-state index contributed by atoms with van der Waals surface area (Å²) >= 11 is 0. The lowest BCUT2D eigenvalue weighted by molar-refractivity contribution is -0.168. The maximum atomic E-state index is 12.2. The highest BCUT2D eigenvalue weighted by Gasteiger charge is 2.55. The van der Waals surface area contributed by atoms with Gasteiger partial charge in [-0.2, -0.15) is 26.3 Å². The molecule has 0 aliphatic heterocycles. The van der Waals surface area contributed by atoms with Gasteiger partial charge in [-0.15, -0.1) is 0 Å². The van der Waals surface area contributed by atoms with E-state index in [-0.39, 0.29) is 0 Å². The Morgan fingerprint density at radius 2 is 1.38 bits per heavy atom. The van der Waals surface area contributed by atoms with Crippen LogP contribution in [-0.4, -0.2) is 41.8 Å². The van der Waals surface area contributed by atoms with Crippen molar-refractivity contribution in [2.24, 2.45) is 0 Å². The summed E-state index contributed by atoms with van der Waals surface area (Å²) in [6.45, 7) is -2.56. The fourth-order valence-electron chi connectivity index (χ4n) is 1.10. The molecule has 0 rings (SSSR count). The first-order chi connectivity index (χ1) is 9.17. The predicted molar refractivity (Wildman–Crippen MR) is 58.0 cm³/mol. The molecule has 1 N–H and O–H groups in total. The zero-order chi connectivity index (χ0) is 17.1. The SMILES string of the molecule is CCC(C)(C(=O)O)P(=O)(OCC(F)(F)F)OCC(F)(F)F. The largest absolute Gasteiger partial charge is 0.480 e. The Balaban J connectivity index is 5.44. The minimum Gasteiger partial charge on any atom is -0.480 e. The molecule has 1 unspecified atom stereocenters. The predicted octanol–water partition coefficient (Wildman–Crippen LogP) is 3.59. The van der Waals surface area contributed by atoms with Crippen LogP contribution in [0.5, 0.6) is 0 Å². The van der Waals surface area contributed by atoms with E-state index in [4.69, 9.17) is 5.11 Å². The summed E-state index contributed by atoms with van der Waals surface area (Å²) in [7, 11) is -5.23. The molecule has 0 spiro atoms. The molecule has 0 heterocycles. The van der Waals surface area contributed by atoms with Crippen molar-refractivity contribution in [3.05, 3.63) is 0 Å². The van der Waals surface area contributed by atoms with Crippen LogP contribution in [0.4, 0.5) is 26.3 Å². The van der Waals surface area contributed by atoms with Gasteiger partial charge in [-0.25, -0.2) is 0 Å². The first-order valence-corrected chi connectivity index (χ1v) is 6.97. The van der Waals surface area contributed by atoms with Crippen LogP contribution >= 0.6 is 7.60 Å². The number of carboxylic acid groups (broad SMARTS) is 1. The number of halogens is 6. The molecule has 0 aromatic carbocycles. The monoisotopic (exact) mass is 346 g/mol. The van der Waals surface area contributed by atoms with Gasteiger partial charge in [0.25, 0.3) is 0 Å². The van der Waals surface area contributed by atoms with Gasteiger partial charge in [0, 0.05) is 0 Å². The van der Waals surface area contributed by atoms with Gasteiger partial charge in [-0.1, -0.05) is 6.92 Å². The first kappa shape index (κ1) is 20.2. The van der Waals surface area contributed by atoms with Gasteiger partial charge < -0.3 is 5.11 Å². The summed E-state index contributed by atoms with van der Waals surface area (Å²) in [5.41, 5.74) is 0. The molecule has 12 heteroatoms. The Hall–Kier alpha value is -0.800. The van der Waals surface area contributed by atoms with E-state index in [1.54, 1.807) is 0 Å². The Morgan fingerprint density at radius 3 is 1.57 bits per heavy atom. The van der Waals surface area contributed by atoms with E-state index in [0.717, 1.165) is 6.92 Å². The highest BCUT2D eigenvalue weighted by atomic mass is 31.2. The number of hydrogen-bond donors (Lipinski definition) is 1. The Kier molecular flexibility index (Phi) is 6.28. The lowest BCUT2D eigenvalue weighted by atomic mass is 10.1. The second-order valence-electron chi connectivity index (χ2n) is 4.21. The van der Waals surface area contributed by atoms with Crippen LogP contribution in [0.2, 0.25) is 0 Å². The fourth-order valence-corrected chi connectivity index (χ4v) is 3.00. The quantitative estimate of drug-likeness (QED) is 0.563. The van der Waals surface area contributed by atoms with E-state index in [0.29, 0.717) is 6.92 Å². The van der Waals surface area contributed by atoms with Crippen LogP contribution in [0.25, 0.3) is 0 Å². The van der Waals surface area contributed by atoms with Gasteiger partial charge >= 0.3 is 25.9 Å². The van der Waals surface area contributed by atoms with Crippen LogP contribution in [-0.2, 0) is 18.4 Å². The smallest absolute Gasteiger partial charge is 0.412 e. The molecule has 21 heavy (non-hydrogen) atoms. The molecule has 5 nitrogen and oxygen atoms in total. The molecule has 0 radical (unpaired) electrons. The molecule has 1 atom stereocenters. The van der Waals surface area contributed by atoms with E-state index < -0.39 is 50.7 Å². The number of rotatable bonds is 7. The minimum absolute atomic E-state index is 0.560. The van der Waals surface area contributed by atoms with E-state index in [2.05, 4.69) is 9.05 Å². The molecule has 0 bridgehead atoms. The lowest BCUT2D eigenvalue weighted by Gasteiger charge is -2.32. The van der Waals surface area contributed by atoms with Crippen molar-refractivity contribution in [3.63, 3.8) is 0 Å². The summed E-state index contributed by atoms with van der Waals surface area (Å²) in [6.07, 6.45) is -10.6. The van der Waals surface area contributed by atoms with Gasteiger partial charge in [-0.05, 0) is 13.3 Å². The van der Waals surface area contributed by atoms with Gasteiger partial charge in [-0.3, -0.25) is 18.4 Å². The topological polar surface area (TPSA) is 72.8 Å². The summed E-state index contributed by atoms with van der Waals surface area (Å²) in [5, 5.41) is 6.39. The van der Waals surface area contributed by atoms with Crippen LogP contribution in [0, 0.1) is 0 Å². The third-order valence-electron chi connectivity index (χ3n) is 2.55. The molecule has 0 aromatic rings. The molecule has 0 aliphatic rings. The van der Waals surface area contributed by atoms with Gasteiger partial charge in [0.2, 0.25) is 0 Å². The van der Waals surface area contributed by atoms with Crippen LogP contribution in [0.15, 0.2) is 0 Å². The number of hydrogen-bond acceptors (Lipinski definition) is 4. The van der Waals surface area contributed by atoms with Crippen LogP contribution < -0.4 is 0 Å². The molecule has 0 aromatic heterocycles. The summed E-state index contributed by atoms with van der Waals surface area (Å²) in [5.74, 6) is -1.89. The Bertz CT molecular complexity index is 398. The zero-order valence-corrected chi connectivity index (χ0v) is 11.8. The second-order valence-corrected chi connectivity index (χ2v) is 6.71. The van der Waals surface area contributed by atoms with E-state index in [9.17, 15) is 35.7 Å². The van der Waals surface area contributed by atoms with Gasteiger partial charge in [0.15, 0.2) is 18.4 Å². The highest BCUT2D eigenvalue weighted by molar-refractivity contribution is 7.56. The van der Waals surface area contributed by atoms with Gasteiger partial charge in [0.05, 0.1) is 0 Å². The van der Waals surface area contributed by atoms with E-state index >= 15 is 0 Å². The number of aliphatic carboxylic acids is 1. The molecule has 0 saturated heterocycles. The molecule has 0 saturated carbocycles. The third-order valence-corrected chi connectivity index (χ3v) is 5.20. The average Bonchev–Trinajstić information content (AvgIpc) is 2.30. The van der Waals surface area contributed by atoms with Crippen molar-refractivity contribution in [1.82, 2.24) is 0 Å². The maximum absolute atomic E-state index is 12.2. The fraction of sp³-hybridized carbons (Fsp3) is 0.889. The van der Waals surface area contributed by atoms with Crippen molar-refractivity contribution in [2.75, 3.05) is 13.2 Å². The van der Waals surface area contributed by atoms with Crippen molar-refractivity contribution >= 4 is 13.6 Å². The molecule has 0 amide bonds. The average molecular weight is 346 g/mol. The Labute approximate surface area is 115 Å². The van der Waals surface area contributed by atoms with Crippen molar-refractivity contribution < 1.29 is 49.9 Å². The minimum atomic E-state index is -5.23. The van der Waals surface area contributed by atoms with Crippen LogP contribution in [0.1, 0.15) is 20.3 Å². The van der Waals surface area contributed by atoms with E-state index in [1.165, 1.54) is 0 Å². The standard InChI is InChI=1S/C9H13F6O5P/c1-3-7(2,6(16)17)21(18,19-4-8(10,11)12)20-5-9(13,14)15/h3-5H2,1-2H3,(H,16,17). The second kappa shape index (κ2) is 6.53. The molecular weight excluding hydrogens is 333 g/mol. The summed E-state index contributed by atoms with van der Waals surface area (Å²) < 4.78 is 92.5. The first-order valence-electron chi connectivity index (χ1n) is 5.43. The van der Waals surface area contributed by atoms with E-state index in [1.807, 2.05) is 0 Å². The van der Waals surface area contributed by atoms with Gasteiger partial charge in [0.1, 0.15) is 0 Å². The maximum Gasteiger partial charge on any atom is 0.412 e.